The van der Waals surface area contributed by atoms with Crippen molar-refractivity contribution in [2.75, 3.05) is 17.2 Å². The topological polar surface area (TPSA) is 140 Å². The van der Waals surface area contributed by atoms with Crippen LogP contribution in [-0.4, -0.2) is 54.1 Å². The van der Waals surface area contributed by atoms with E-state index in [0.29, 0.717) is 11.4 Å². The number of nitrogen functional groups attached to an aromatic ring is 1. The Hall–Kier alpha value is -3.94. The van der Waals surface area contributed by atoms with Gasteiger partial charge in [-0.3, -0.25) is 4.79 Å². The lowest BCUT2D eigenvalue weighted by Crippen LogP contribution is -2.43. The second-order valence-electron chi connectivity index (χ2n) is 8.85. The van der Waals surface area contributed by atoms with Crippen molar-refractivity contribution < 1.29 is 31.1 Å². The molecule has 1 amide bonds. The van der Waals surface area contributed by atoms with E-state index in [9.17, 15) is 26.4 Å². The number of amides is 1. The summed E-state index contributed by atoms with van der Waals surface area (Å²) < 4.78 is 74.3. The zero-order valence-electron chi connectivity index (χ0n) is 20.4. The fourth-order valence-corrected chi connectivity index (χ4v) is 4.96. The SMILES string of the molecule is CC(C)Oc1ccc(-c2ccc(C(=O)NS(=O)(=O)c3cccc(N)n3)c(N3CCC[C@H]3C(F)(F)F)n2)cn1. The van der Waals surface area contributed by atoms with Crippen molar-refractivity contribution in [1.29, 1.82) is 0 Å². The number of anilines is 2. The summed E-state index contributed by atoms with van der Waals surface area (Å²) in [7, 11) is -4.47. The van der Waals surface area contributed by atoms with E-state index in [2.05, 4.69) is 15.0 Å². The standard InChI is InChI=1S/C24H25F3N6O4S/c1-14(2)37-20-11-8-15(13-29-20)17-10-9-16(22(30-17)33-12-4-5-18(33)24(25,26)27)23(34)32-38(35,36)21-7-3-6-19(28)31-21/h3,6-11,13-14,18H,4-5,12H2,1-2H3,(H2,28,31)(H,32,34)/t18-/m0/s1. The Morgan fingerprint density at radius 2 is 1.92 bits per heavy atom. The average molecular weight is 551 g/mol. The summed E-state index contributed by atoms with van der Waals surface area (Å²) in [6.07, 6.45) is -3.22. The first-order valence-electron chi connectivity index (χ1n) is 11.6. The number of nitrogens with zero attached hydrogens (tertiary/aromatic N) is 4. The number of nitrogens with two attached hydrogens (primary N) is 1. The first-order chi connectivity index (χ1) is 17.8. The van der Waals surface area contributed by atoms with Crippen molar-refractivity contribution in [2.24, 2.45) is 0 Å². The van der Waals surface area contributed by atoms with Crippen LogP contribution in [0.25, 0.3) is 11.3 Å². The van der Waals surface area contributed by atoms with Crippen molar-refractivity contribution in [3.05, 3.63) is 54.2 Å². The number of rotatable bonds is 7. The Labute approximate surface area is 217 Å². The molecule has 202 valence electrons. The molecule has 4 heterocycles. The lowest BCUT2D eigenvalue weighted by atomic mass is 10.1. The third-order valence-corrected chi connectivity index (χ3v) is 6.89. The number of nitrogens with one attached hydrogen (secondary N) is 1. The van der Waals surface area contributed by atoms with Crippen LogP contribution in [0.2, 0.25) is 0 Å². The Morgan fingerprint density at radius 1 is 1.16 bits per heavy atom. The molecule has 10 nitrogen and oxygen atoms in total. The number of hydrogen-bond acceptors (Lipinski definition) is 9. The summed E-state index contributed by atoms with van der Waals surface area (Å²) in [6.45, 7) is 3.65. The van der Waals surface area contributed by atoms with E-state index in [1.807, 2.05) is 18.6 Å². The molecular formula is C24H25F3N6O4S. The molecular weight excluding hydrogens is 525 g/mol. The van der Waals surface area contributed by atoms with Crippen LogP contribution in [0.3, 0.4) is 0 Å². The van der Waals surface area contributed by atoms with E-state index in [-0.39, 0.29) is 48.4 Å². The second kappa shape index (κ2) is 10.4. The monoisotopic (exact) mass is 550 g/mol. The highest BCUT2D eigenvalue weighted by Crippen LogP contribution is 2.37. The molecule has 1 aliphatic rings. The van der Waals surface area contributed by atoms with Crippen LogP contribution in [0, 0.1) is 0 Å². The van der Waals surface area contributed by atoms with Gasteiger partial charge in [0.15, 0.2) is 5.03 Å². The minimum Gasteiger partial charge on any atom is -0.475 e. The molecule has 38 heavy (non-hydrogen) atoms. The van der Waals surface area contributed by atoms with Gasteiger partial charge in [-0.25, -0.2) is 19.7 Å². The van der Waals surface area contributed by atoms with Gasteiger partial charge < -0.3 is 15.4 Å². The fourth-order valence-electron chi connectivity index (χ4n) is 4.02. The van der Waals surface area contributed by atoms with Crippen molar-refractivity contribution in [3.8, 4) is 17.1 Å². The van der Waals surface area contributed by atoms with E-state index < -0.39 is 33.2 Å². The molecule has 0 aromatic carbocycles. The van der Waals surface area contributed by atoms with Gasteiger partial charge in [0.2, 0.25) is 5.88 Å². The number of halogens is 3. The smallest absolute Gasteiger partial charge is 0.408 e. The van der Waals surface area contributed by atoms with Gasteiger partial charge in [0, 0.05) is 24.4 Å². The predicted molar refractivity (Wildman–Crippen MR) is 133 cm³/mol. The van der Waals surface area contributed by atoms with E-state index in [1.54, 1.807) is 12.1 Å². The minimum atomic E-state index is -4.59. The van der Waals surface area contributed by atoms with Crippen molar-refractivity contribution in [2.45, 2.75) is 50.0 Å². The Balaban J connectivity index is 1.74. The Morgan fingerprint density at radius 3 is 2.55 bits per heavy atom. The van der Waals surface area contributed by atoms with Gasteiger partial charge in [-0.15, -0.1) is 0 Å². The van der Waals surface area contributed by atoms with Gasteiger partial charge in [-0.05, 0) is 57.0 Å². The fraction of sp³-hybridized carbons (Fsp3) is 0.333. The normalized spacial score (nSPS) is 16.1. The second-order valence-corrected chi connectivity index (χ2v) is 10.5. The quantitative estimate of drug-likeness (QED) is 0.452. The maximum Gasteiger partial charge on any atom is 0.408 e. The molecule has 0 radical (unpaired) electrons. The maximum atomic E-state index is 13.8. The van der Waals surface area contributed by atoms with Crippen LogP contribution in [0.15, 0.2) is 53.7 Å². The zero-order valence-corrected chi connectivity index (χ0v) is 21.3. The summed E-state index contributed by atoms with van der Waals surface area (Å²) >= 11 is 0. The molecule has 1 fully saturated rings. The number of carbonyl (C=O) groups excluding carboxylic acids is 1. The van der Waals surface area contributed by atoms with Crippen molar-refractivity contribution in [3.63, 3.8) is 0 Å². The number of aromatic nitrogens is 3. The first-order valence-corrected chi connectivity index (χ1v) is 13.1. The van der Waals surface area contributed by atoms with Gasteiger partial charge in [0.25, 0.3) is 15.9 Å². The van der Waals surface area contributed by atoms with Crippen LogP contribution in [0.5, 0.6) is 5.88 Å². The van der Waals surface area contributed by atoms with Crippen molar-refractivity contribution >= 4 is 27.6 Å². The van der Waals surface area contributed by atoms with Crippen LogP contribution in [0.1, 0.15) is 37.0 Å². The molecule has 0 unspecified atom stereocenters. The summed E-state index contributed by atoms with van der Waals surface area (Å²) in [5.41, 5.74) is 5.91. The molecule has 3 aromatic rings. The van der Waals surface area contributed by atoms with Gasteiger partial charge in [-0.2, -0.15) is 21.6 Å². The van der Waals surface area contributed by atoms with Gasteiger partial charge in [0.05, 0.1) is 17.4 Å². The minimum absolute atomic E-state index is 0.0240. The molecule has 4 rings (SSSR count). The van der Waals surface area contributed by atoms with Crippen LogP contribution in [-0.2, 0) is 10.0 Å². The Bertz CT molecular complexity index is 1430. The molecule has 3 aromatic heterocycles. The Kier molecular flexibility index (Phi) is 7.44. The van der Waals surface area contributed by atoms with Gasteiger partial charge >= 0.3 is 6.18 Å². The number of alkyl halides is 3. The number of pyridine rings is 3. The average Bonchev–Trinajstić information content (AvgIpc) is 3.34. The van der Waals surface area contributed by atoms with Crippen LogP contribution in [0.4, 0.5) is 24.8 Å². The molecule has 1 saturated heterocycles. The number of carbonyl (C=O) groups is 1. The molecule has 1 aliphatic heterocycles. The molecule has 1 atom stereocenters. The third kappa shape index (κ3) is 5.96. The summed E-state index contributed by atoms with van der Waals surface area (Å²) in [5.74, 6) is -1.18. The predicted octanol–water partition coefficient (Wildman–Crippen LogP) is 3.56. The molecule has 0 bridgehead atoms. The molecule has 3 N–H and O–H groups in total. The highest BCUT2D eigenvalue weighted by Gasteiger charge is 2.47. The largest absolute Gasteiger partial charge is 0.475 e. The number of sulfonamides is 1. The third-order valence-electron chi connectivity index (χ3n) is 5.66. The lowest BCUT2D eigenvalue weighted by molar-refractivity contribution is -0.146. The van der Waals surface area contributed by atoms with Gasteiger partial charge in [-0.1, -0.05) is 6.07 Å². The van der Waals surface area contributed by atoms with Crippen molar-refractivity contribution in [1.82, 2.24) is 19.7 Å². The number of ether oxygens (including phenoxy) is 1. The first kappa shape index (κ1) is 27.1. The molecule has 0 aliphatic carbocycles. The zero-order chi connectivity index (χ0) is 27.7. The van der Waals surface area contributed by atoms with E-state index in [0.717, 1.165) is 11.0 Å². The molecule has 0 saturated carbocycles. The molecule has 14 heteroatoms. The lowest BCUT2D eigenvalue weighted by Gasteiger charge is -2.29. The molecule has 0 spiro atoms. The summed E-state index contributed by atoms with van der Waals surface area (Å²) in [4.78, 5) is 26.4. The van der Waals surface area contributed by atoms with Crippen LogP contribution < -0.4 is 20.1 Å². The highest BCUT2D eigenvalue weighted by molar-refractivity contribution is 7.90. The summed E-state index contributed by atoms with van der Waals surface area (Å²) in [5, 5.41) is -0.513. The highest BCUT2D eigenvalue weighted by atomic mass is 32.2. The maximum absolute atomic E-state index is 13.8. The van der Waals surface area contributed by atoms with E-state index in [1.165, 1.54) is 30.5 Å². The summed E-state index contributed by atoms with van der Waals surface area (Å²) in [6, 6.07) is 7.82. The number of hydrogen-bond donors (Lipinski definition) is 2. The van der Waals surface area contributed by atoms with E-state index in [4.69, 9.17) is 10.5 Å². The van der Waals surface area contributed by atoms with Gasteiger partial charge in [0.1, 0.15) is 17.7 Å². The van der Waals surface area contributed by atoms with E-state index >= 15 is 0 Å². The van der Waals surface area contributed by atoms with Crippen LogP contribution >= 0.6 is 0 Å².